The Morgan fingerprint density at radius 1 is 1.04 bits per heavy atom. The lowest BCUT2D eigenvalue weighted by atomic mass is 9.75. The minimum absolute atomic E-state index is 0.271. The van der Waals surface area contributed by atoms with Gasteiger partial charge in [0.05, 0.1) is 25.7 Å². The van der Waals surface area contributed by atoms with E-state index in [0.29, 0.717) is 39.3 Å². The Balaban J connectivity index is 2.21. The summed E-state index contributed by atoms with van der Waals surface area (Å²) >= 11 is 0. The van der Waals surface area contributed by atoms with Gasteiger partial charge in [-0.3, -0.25) is 4.79 Å². The third-order valence-corrected chi connectivity index (χ3v) is 4.63. The molecule has 2 atom stereocenters. The number of amides is 1. The molecule has 0 saturated heterocycles. The van der Waals surface area contributed by atoms with Crippen molar-refractivity contribution in [2.24, 2.45) is 11.8 Å². The van der Waals surface area contributed by atoms with Crippen LogP contribution in [0.4, 0.5) is 4.79 Å². The maximum Gasteiger partial charge on any atom is 0.410 e. The van der Waals surface area contributed by atoms with Gasteiger partial charge in [0.1, 0.15) is 0 Å². The molecule has 0 aromatic heterocycles. The first-order chi connectivity index (χ1) is 12.5. The molecule has 7 nitrogen and oxygen atoms in total. The van der Waals surface area contributed by atoms with Gasteiger partial charge in [-0.1, -0.05) is 6.08 Å². The van der Waals surface area contributed by atoms with Crippen LogP contribution >= 0.6 is 0 Å². The number of nitrogens with zero attached hydrogens (tertiary/aromatic N) is 1. The van der Waals surface area contributed by atoms with Crippen molar-refractivity contribution in [3.8, 4) is 0 Å². The molecule has 26 heavy (non-hydrogen) atoms. The minimum atomic E-state index is -0.442. The van der Waals surface area contributed by atoms with Gasteiger partial charge in [-0.2, -0.15) is 0 Å². The molecule has 1 heterocycles. The van der Waals surface area contributed by atoms with Crippen LogP contribution in [-0.4, -0.2) is 55.8 Å². The van der Waals surface area contributed by atoms with Crippen LogP contribution in [0.15, 0.2) is 23.3 Å². The summed E-state index contributed by atoms with van der Waals surface area (Å²) in [6.45, 7) is 7.11. The standard InChI is InChI=1S/C19H27NO6/c1-4-24-17(21)10-9-14-15(18(22)25-5-2)8-7-13-11-20(12-16(13)14)19(23)26-6-3/h9-10,14-15H,4-8,11-12H2,1-3H3/b10-9+. The largest absolute Gasteiger partial charge is 0.466 e. The highest BCUT2D eigenvalue weighted by molar-refractivity contribution is 5.82. The average Bonchev–Trinajstić information content (AvgIpc) is 3.04. The highest BCUT2D eigenvalue weighted by Crippen LogP contribution is 2.40. The van der Waals surface area contributed by atoms with E-state index < -0.39 is 5.97 Å². The van der Waals surface area contributed by atoms with Crippen molar-refractivity contribution in [3.05, 3.63) is 23.3 Å². The van der Waals surface area contributed by atoms with Crippen LogP contribution in [0.3, 0.4) is 0 Å². The van der Waals surface area contributed by atoms with Crippen molar-refractivity contribution in [3.63, 3.8) is 0 Å². The molecule has 2 aliphatic rings. The molecule has 0 radical (unpaired) electrons. The topological polar surface area (TPSA) is 82.1 Å². The Morgan fingerprint density at radius 2 is 1.73 bits per heavy atom. The summed E-state index contributed by atoms with van der Waals surface area (Å²) in [6.07, 6.45) is 4.08. The van der Waals surface area contributed by atoms with Crippen molar-refractivity contribution in [2.75, 3.05) is 32.9 Å². The summed E-state index contributed by atoms with van der Waals surface area (Å²) < 4.78 is 15.2. The van der Waals surface area contributed by atoms with Crippen molar-refractivity contribution in [1.29, 1.82) is 0 Å². The Morgan fingerprint density at radius 3 is 2.38 bits per heavy atom. The zero-order valence-corrected chi connectivity index (χ0v) is 15.7. The monoisotopic (exact) mass is 365 g/mol. The molecule has 0 aromatic carbocycles. The van der Waals surface area contributed by atoms with Gasteiger partial charge in [0.2, 0.25) is 0 Å². The molecule has 2 rings (SSSR count). The number of hydrogen-bond acceptors (Lipinski definition) is 6. The second-order valence-electron chi connectivity index (χ2n) is 6.22. The van der Waals surface area contributed by atoms with Gasteiger partial charge in [0.15, 0.2) is 0 Å². The highest BCUT2D eigenvalue weighted by Gasteiger charge is 2.40. The molecule has 0 fully saturated rings. The van der Waals surface area contributed by atoms with Crippen molar-refractivity contribution in [2.45, 2.75) is 33.6 Å². The maximum atomic E-state index is 12.4. The number of hydrogen-bond donors (Lipinski definition) is 0. The second kappa shape index (κ2) is 9.40. The number of carbonyl (C=O) groups excluding carboxylic acids is 3. The van der Waals surface area contributed by atoms with Crippen LogP contribution < -0.4 is 0 Å². The Kier molecular flexibility index (Phi) is 7.24. The molecule has 0 aromatic rings. The van der Waals surface area contributed by atoms with Crippen LogP contribution in [0.2, 0.25) is 0 Å². The van der Waals surface area contributed by atoms with Gasteiger partial charge >= 0.3 is 18.0 Å². The van der Waals surface area contributed by atoms with E-state index in [1.54, 1.807) is 31.7 Å². The van der Waals surface area contributed by atoms with Crippen LogP contribution in [-0.2, 0) is 23.8 Å². The van der Waals surface area contributed by atoms with E-state index in [0.717, 1.165) is 17.6 Å². The molecule has 7 heteroatoms. The lowest BCUT2D eigenvalue weighted by molar-refractivity contribution is -0.149. The summed E-state index contributed by atoms with van der Waals surface area (Å²) in [5.74, 6) is -1.35. The smallest absolute Gasteiger partial charge is 0.410 e. The van der Waals surface area contributed by atoms with E-state index in [-0.39, 0.29) is 23.9 Å². The van der Waals surface area contributed by atoms with Crippen LogP contribution in [0.5, 0.6) is 0 Å². The molecule has 1 amide bonds. The van der Waals surface area contributed by atoms with Crippen LogP contribution in [0.1, 0.15) is 33.6 Å². The van der Waals surface area contributed by atoms with E-state index in [2.05, 4.69) is 0 Å². The average molecular weight is 365 g/mol. The predicted octanol–water partition coefficient (Wildman–Crippen LogP) is 2.46. The first kappa shape index (κ1) is 20.0. The number of carbonyl (C=O) groups is 3. The van der Waals surface area contributed by atoms with Gasteiger partial charge < -0.3 is 19.1 Å². The van der Waals surface area contributed by atoms with E-state index >= 15 is 0 Å². The predicted molar refractivity (Wildman–Crippen MR) is 94.2 cm³/mol. The molecule has 1 aliphatic heterocycles. The van der Waals surface area contributed by atoms with E-state index in [1.807, 2.05) is 0 Å². The second-order valence-corrected chi connectivity index (χ2v) is 6.22. The number of esters is 2. The SMILES string of the molecule is CCOC(=O)/C=C/C1C2=C(CCC1C(=O)OCC)CN(C(=O)OCC)C2. The van der Waals surface area contributed by atoms with Gasteiger partial charge in [-0.15, -0.1) is 0 Å². The van der Waals surface area contributed by atoms with Crippen molar-refractivity contribution in [1.82, 2.24) is 4.90 Å². The fraction of sp³-hybridized carbons (Fsp3) is 0.632. The van der Waals surface area contributed by atoms with E-state index in [9.17, 15) is 14.4 Å². The van der Waals surface area contributed by atoms with Gasteiger partial charge in [-0.05, 0) is 44.8 Å². The first-order valence-corrected chi connectivity index (χ1v) is 9.15. The van der Waals surface area contributed by atoms with E-state index in [4.69, 9.17) is 14.2 Å². The molecular formula is C19H27NO6. The molecule has 0 saturated carbocycles. The Labute approximate surface area is 154 Å². The summed E-state index contributed by atoms with van der Waals surface area (Å²) in [4.78, 5) is 37.8. The Bertz CT molecular complexity index is 609. The summed E-state index contributed by atoms with van der Waals surface area (Å²) in [6, 6.07) is 0. The number of ether oxygens (including phenoxy) is 3. The number of allylic oxidation sites excluding steroid dienone is 1. The molecular weight excluding hydrogens is 338 g/mol. The molecule has 1 aliphatic carbocycles. The van der Waals surface area contributed by atoms with Crippen molar-refractivity contribution < 1.29 is 28.6 Å². The minimum Gasteiger partial charge on any atom is -0.466 e. The zero-order valence-electron chi connectivity index (χ0n) is 15.7. The number of rotatable bonds is 6. The fourth-order valence-electron chi connectivity index (χ4n) is 3.52. The third kappa shape index (κ3) is 4.65. The van der Waals surface area contributed by atoms with Gasteiger partial charge in [0, 0.05) is 25.1 Å². The van der Waals surface area contributed by atoms with Gasteiger partial charge in [0.25, 0.3) is 0 Å². The van der Waals surface area contributed by atoms with E-state index in [1.165, 1.54) is 6.08 Å². The summed E-state index contributed by atoms with van der Waals surface area (Å²) in [5.41, 5.74) is 2.14. The Hall–Kier alpha value is -2.31. The maximum absolute atomic E-state index is 12.4. The normalized spacial score (nSPS) is 22.3. The molecule has 2 unspecified atom stereocenters. The quantitative estimate of drug-likeness (QED) is 0.311. The summed E-state index contributed by atoms with van der Waals surface area (Å²) in [7, 11) is 0. The lowest BCUT2D eigenvalue weighted by Gasteiger charge is -2.29. The molecule has 0 N–H and O–H groups in total. The molecule has 0 bridgehead atoms. The molecule has 144 valence electrons. The van der Waals surface area contributed by atoms with Crippen molar-refractivity contribution >= 4 is 18.0 Å². The zero-order chi connectivity index (χ0) is 19.1. The fourth-order valence-corrected chi connectivity index (χ4v) is 3.52. The highest BCUT2D eigenvalue weighted by atomic mass is 16.6. The lowest BCUT2D eigenvalue weighted by Crippen LogP contribution is -2.32. The summed E-state index contributed by atoms with van der Waals surface area (Å²) in [5, 5.41) is 0. The first-order valence-electron chi connectivity index (χ1n) is 9.15. The van der Waals surface area contributed by atoms with Gasteiger partial charge in [-0.25, -0.2) is 9.59 Å². The molecule has 0 spiro atoms. The third-order valence-electron chi connectivity index (χ3n) is 4.63. The van der Waals surface area contributed by atoms with Crippen LogP contribution in [0.25, 0.3) is 0 Å². The van der Waals surface area contributed by atoms with Crippen LogP contribution in [0, 0.1) is 11.8 Å².